The average molecular weight is 446 g/mol. The van der Waals surface area contributed by atoms with Crippen molar-refractivity contribution in [2.45, 2.75) is 19.3 Å². The predicted molar refractivity (Wildman–Crippen MR) is 95.6 cm³/mol. The number of alkyl halides is 3. The first-order valence-electron chi connectivity index (χ1n) is 8.13. The van der Waals surface area contributed by atoms with Crippen molar-refractivity contribution in [3.8, 4) is 11.7 Å². The maximum Gasteiger partial charge on any atom is 0.573 e. The lowest BCUT2D eigenvalue weighted by Gasteiger charge is -2.16. The van der Waals surface area contributed by atoms with Crippen LogP contribution in [-0.4, -0.2) is 37.1 Å². The molecule has 0 saturated carbocycles. The molecule has 0 saturated heterocycles. The monoisotopic (exact) mass is 445 g/mol. The average Bonchev–Trinajstić information content (AvgIpc) is 3.15. The van der Waals surface area contributed by atoms with E-state index in [0.29, 0.717) is 12.1 Å². The van der Waals surface area contributed by atoms with Crippen LogP contribution in [0.1, 0.15) is 18.8 Å². The number of carbonyl (C=O) groups excluding carboxylic acids is 1. The summed E-state index contributed by atoms with van der Waals surface area (Å²) in [5, 5.41) is 7.92. The summed E-state index contributed by atoms with van der Waals surface area (Å²) in [7, 11) is 0. The van der Waals surface area contributed by atoms with Crippen molar-refractivity contribution < 1.29 is 27.1 Å². The van der Waals surface area contributed by atoms with E-state index in [1.54, 1.807) is 13.0 Å². The number of amides is 2. The topological polar surface area (TPSA) is 107 Å². The first-order valence-corrected chi connectivity index (χ1v) is 8.51. The lowest BCUT2D eigenvalue weighted by molar-refractivity contribution is -0.274. The molecule has 14 heteroatoms. The quantitative estimate of drug-likeness (QED) is 0.581. The molecule has 158 valence electrons. The van der Waals surface area contributed by atoms with Gasteiger partial charge in [-0.25, -0.2) is 24.1 Å². The molecule has 2 heterocycles. The fourth-order valence-electron chi connectivity index (χ4n) is 2.35. The fraction of sp³-hybridized carbons (Fsp3) is 0.188. The number of benzene rings is 1. The number of halogens is 5. The second kappa shape index (κ2) is 8.49. The van der Waals surface area contributed by atoms with E-state index in [1.807, 2.05) is 0 Å². The number of ether oxygens (including phenoxy) is 1. The van der Waals surface area contributed by atoms with Crippen LogP contribution in [0.4, 0.5) is 28.0 Å². The summed E-state index contributed by atoms with van der Waals surface area (Å²) < 4.78 is 56.3. The Morgan fingerprint density at radius 1 is 1.23 bits per heavy atom. The number of rotatable bonds is 5. The van der Waals surface area contributed by atoms with Crippen molar-refractivity contribution in [1.82, 2.24) is 30.0 Å². The Morgan fingerprint density at radius 3 is 2.60 bits per heavy atom. The van der Waals surface area contributed by atoms with Gasteiger partial charge in [-0.1, -0.05) is 11.6 Å². The Balaban J connectivity index is 1.74. The van der Waals surface area contributed by atoms with E-state index in [0.717, 1.165) is 0 Å². The number of nitrogens with one attached hydrogen (secondary N) is 2. The predicted octanol–water partition coefficient (Wildman–Crippen LogP) is 3.63. The van der Waals surface area contributed by atoms with Crippen LogP contribution in [0.3, 0.4) is 0 Å². The van der Waals surface area contributed by atoms with Gasteiger partial charge in [0.05, 0.1) is 16.8 Å². The van der Waals surface area contributed by atoms with E-state index in [4.69, 9.17) is 11.6 Å². The summed E-state index contributed by atoms with van der Waals surface area (Å²) in [4.78, 5) is 24.3. The molecule has 0 aliphatic carbocycles. The van der Waals surface area contributed by atoms with Crippen LogP contribution < -0.4 is 15.4 Å². The number of hydrogen-bond donors (Lipinski definition) is 2. The SMILES string of the molecule is CC(NC(=O)Nc1cc(OC(F)(F)F)c(Cl)cc1F)c1ncnn1-c1ncccn1. The molecule has 2 amide bonds. The highest BCUT2D eigenvalue weighted by atomic mass is 35.5. The van der Waals surface area contributed by atoms with Gasteiger partial charge in [0, 0.05) is 18.5 Å². The van der Waals surface area contributed by atoms with Gasteiger partial charge < -0.3 is 15.4 Å². The highest BCUT2D eigenvalue weighted by molar-refractivity contribution is 6.32. The summed E-state index contributed by atoms with van der Waals surface area (Å²) in [6, 6.07) is 1.13. The third-order valence-corrected chi connectivity index (χ3v) is 3.84. The Labute approximate surface area is 171 Å². The van der Waals surface area contributed by atoms with Gasteiger partial charge in [0.25, 0.3) is 5.95 Å². The lowest BCUT2D eigenvalue weighted by Crippen LogP contribution is -2.33. The molecular formula is C16H12ClF4N7O2. The second-order valence-electron chi connectivity index (χ2n) is 5.71. The fourth-order valence-corrected chi connectivity index (χ4v) is 2.54. The van der Waals surface area contributed by atoms with E-state index < -0.39 is 40.7 Å². The van der Waals surface area contributed by atoms with E-state index >= 15 is 0 Å². The lowest BCUT2D eigenvalue weighted by atomic mass is 10.2. The molecule has 30 heavy (non-hydrogen) atoms. The van der Waals surface area contributed by atoms with Gasteiger partial charge in [-0.3, -0.25) is 0 Å². The minimum Gasteiger partial charge on any atom is -0.404 e. The molecule has 0 aliphatic rings. The maximum atomic E-state index is 14.0. The highest BCUT2D eigenvalue weighted by Gasteiger charge is 2.32. The van der Waals surface area contributed by atoms with Crippen LogP contribution in [0, 0.1) is 5.82 Å². The Hall–Kier alpha value is -3.48. The summed E-state index contributed by atoms with van der Waals surface area (Å²) in [5.74, 6) is -1.46. The zero-order valence-corrected chi connectivity index (χ0v) is 15.7. The minimum absolute atomic E-state index is 0.205. The number of hydrogen-bond acceptors (Lipinski definition) is 6. The number of aromatic nitrogens is 5. The standard InChI is InChI=1S/C16H12ClF4N7O2/c1-8(13-24-7-25-28(13)14-22-3-2-4-23-14)26-15(29)27-11-6-12(30-16(19,20)21)9(17)5-10(11)18/h2-8H,1H3,(H2,26,27,29). The van der Waals surface area contributed by atoms with Gasteiger partial charge in [-0.2, -0.15) is 9.78 Å². The normalized spacial score (nSPS) is 12.3. The summed E-state index contributed by atoms with van der Waals surface area (Å²) in [6.45, 7) is 1.56. The van der Waals surface area contributed by atoms with Gasteiger partial charge in [0.15, 0.2) is 5.82 Å². The molecule has 1 unspecified atom stereocenters. The number of anilines is 1. The van der Waals surface area contributed by atoms with Gasteiger partial charge in [0.1, 0.15) is 17.9 Å². The first-order chi connectivity index (χ1) is 14.1. The van der Waals surface area contributed by atoms with Crippen LogP contribution in [0.15, 0.2) is 36.9 Å². The van der Waals surface area contributed by atoms with Crippen LogP contribution in [0.5, 0.6) is 5.75 Å². The third kappa shape index (κ3) is 5.11. The van der Waals surface area contributed by atoms with Crippen molar-refractivity contribution in [1.29, 1.82) is 0 Å². The van der Waals surface area contributed by atoms with E-state index in [-0.39, 0.29) is 11.8 Å². The molecule has 1 aromatic carbocycles. The molecule has 2 aromatic heterocycles. The van der Waals surface area contributed by atoms with E-state index in [2.05, 4.69) is 35.4 Å². The van der Waals surface area contributed by atoms with Crippen LogP contribution in [0.2, 0.25) is 5.02 Å². The molecule has 3 rings (SSSR count). The minimum atomic E-state index is -5.04. The first kappa shape index (κ1) is 21.2. The number of nitrogens with zero attached hydrogens (tertiary/aromatic N) is 5. The van der Waals surface area contributed by atoms with Crippen molar-refractivity contribution in [3.05, 3.63) is 53.6 Å². The molecule has 1 atom stereocenters. The molecule has 0 fully saturated rings. The second-order valence-corrected chi connectivity index (χ2v) is 6.12. The van der Waals surface area contributed by atoms with Crippen LogP contribution in [-0.2, 0) is 0 Å². The Bertz CT molecular complexity index is 1050. The largest absolute Gasteiger partial charge is 0.573 e. The highest BCUT2D eigenvalue weighted by Crippen LogP contribution is 2.34. The van der Waals surface area contributed by atoms with Gasteiger partial charge >= 0.3 is 12.4 Å². The summed E-state index contributed by atoms with van der Waals surface area (Å²) in [6.07, 6.45) is -0.842. The van der Waals surface area contributed by atoms with Crippen molar-refractivity contribution in [3.63, 3.8) is 0 Å². The smallest absolute Gasteiger partial charge is 0.404 e. The van der Waals surface area contributed by atoms with Crippen molar-refractivity contribution in [2.75, 3.05) is 5.32 Å². The summed E-state index contributed by atoms with van der Waals surface area (Å²) >= 11 is 5.55. The maximum absolute atomic E-state index is 14.0. The van der Waals surface area contributed by atoms with Crippen molar-refractivity contribution in [2.24, 2.45) is 0 Å². The molecule has 3 aromatic rings. The third-order valence-electron chi connectivity index (χ3n) is 3.55. The summed E-state index contributed by atoms with van der Waals surface area (Å²) in [5.41, 5.74) is -0.573. The molecular weight excluding hydrogens is 434 g/mol. The molecule has 0 spiro atoms. The van der Waals surface area contributed by atoms with Gasteiger partial charge in [-0.15, -0.1) is 13.2 Å². The molecule has 2 N–H and O–H groups in total. The van der Waals surface area contributed by atoms with Crippen LogP contribution >= 0.6 is 11.6 Å². The number of carbonyl (C=O) groups is 1. The van der Waals surface area contributed by atoms with Gasteiger partial charge in [0.2, 0.25) is 0 Å². The zero-order chi connectivity index (χ0) is 21.9. The Kier molecular flexibility index (Phi) is 6.01. The number of urea groups is 1. The van der Waals surface area contributed by atoms with Crippen molar-refractivity contribution >= 4 is 23.3 Å². The molecule has 0 bridgehead atoms. The Morgan fingerprint density at radius 2 is 1.93 bits per heavy atom. The van der Waals surface area contributed by atoms with E-state index in [1.165, 1.54) is 23.4 Å². The molecule has 0 radical (unpaired) electrons. The van der Waals surface area contributed by atoms with E-state index in [9.17, 15) is 22.4 Å². The van der Waals surface area contributed by atoms with Crippen LogP contribution in [0.25, 0.3) is 5.95 Å². The molecule has 0 aliphatic heterocycles. The zero-order valence-electron chi connectivity index (χ0n) is 15.0. The van der Waals surface area contributed by atoms with Gasteiger partial charge in [-0.05, 0) is 19.1 Å². The molecule has 9 nitrogen and oxygen atoms in total.